The summed E-state index contributed by atoms with van der Waals surface area (Å²) in [6.45, 7) is -2.42. The minimum atomic E-state index is -2.42. The minimum absolute atomic E-state index is 0.0840. The molecule has 9 heteroatoms. The highest BCUT2D eigenvalue weighted by Crippen LogP contribution is 2.32. The molecule has 6 rings (SSSR count). The van der Waals surface area contributed by atoms with E-state index in [2.05, 4.69) is 10.6 Å². The van der Waals surface area contributed by atoms with Crippen LogP contribution in [0.4, 0.5) is 15.3 Å². The standard InChI is InChI=1S/C37H48N4O5/c1-40-24-27(32-23-29(19-20-33(32)40)39-37(44)46-31-15-9-10-16-31)21-25-17-18-26(22-34(25)45-2)35(42)41(30-13-7-4-8-14-30)36(43)38-28-11-5-3-6-12-28/h17-20,22-24,28,30-31H,3-16,21H2,1-2H3,(H,38,43)(H,39,44)/i1D3. The van der Waals surface area contributed by atoms with Gasteiger partial charge in [-0.3, -0.25) is 15.0 Å². The first kappa shape index (κ1) is 28.2. The zero-order valence-electron chi connectivity index (χ0n) is 29.8. The number of benzene rings is 2. The Balaban J connectivity index is 1.26. The molecule has 0 saturated heterocycles. The number of methoxy groups -OCH3 is 1. The second kappa shape index (κ2) is 14.6. The number of hydrogen-bond donors (Lipinski definition) is 2. The molecule has 0 bridgehead atoms. The maximum Gasteiger partial charge on any atom is 0.411 e. The van der Waals surface area contributed by atoms with E-state index in [0.717, 1.165) is 89.0 Å². The van der Waals surface area contributed by atoms with Gasteiger partial charge in [-0.15, -0.1) is 0 Å². The summed E-state index contributed by atoms with van der Waals surface area (Å²) in [4.78, 5) is 41.8. The van der Waals surface area contributed by atoms with Crippen LogP contribution in [0.15, 0.2) is 42.6 Å². The number of nitrogens with zero attached hydrogens (tertiary/aromatic N) is 2. The Hall–Kier alpha value is -4.01. The number of carbonyl (C=O) groups excluding carboxylic acids is 3. The van der Waals surface area contributed by atoms with Crippen LogP contribution in [0, 0.1) is 0 Å². The lowest BCUT2D eigenvalue weighted by Crippen LogP contribution is -2.52. The van der Waals surface area contributed by atoms with Gasteiger partial charge in [-0.1, -0.05) is 44.6 Å². The number of aryl methyl sites for hydroxylation is 1. The second-order valence-corrected chi connectivity index (χ2v) is 13.1. The SMILES string of the molecule is [2H]C([2H])([2H])n1cc(Cc2ccc(C(=O)N(C(=O)NC3CCCCC3)C3CCCCC3)cc2OC)c2cc(NC(=O)OC3CCCC3)ccc21. The number of ether oxygens (including phenoxy) is 2. The van der Waals surface area contributed by atoms with Gasteiger partial charge in [-0.25, -0.2) is 9.59 Å². The van der Waals surface area contributed by atoms with Crippen LogP contribution in [-0.2, 0) is 18.1 Å². The summed E-state index contributed by atoms with van der Waals surface area (Å²) in [6, 6.07) is 9.95. The van der Waals surface area contributed by atoms with Crippen molar-refractivity contribution in [1.29, 1.82) is 0 Å². The van der Waals surface area contributed by atoms with Gasteiger partial charge in [0.15, 0.2) is 0 Å². The fourth-order valence-corrected chi connectivity index (χ4v) is 7.44. The average molecular weight is 632 g/mol. The summed E-state index contributed by atoms with van der Waals surface area (Å²) < 4.78 is 37.0. The quantitative estimate of drug-likeness (QED) is 0.262. The van der Waals surface area contributed by atoms with E-state index in [0.29, 0.717) is 39.9 Å². The van der Waals surface area contributed by atoms with Crippen LogP contribution in [0.2, 0.25) is 0 Å². The predicted octanol–water partition coefficient (Wildman–Crippen LogP) is 8.09. The molecule has 46 heavy (non-hydrogen) atoms. The van der Waals surface area contributed by atoms with Crippen molar-refractivity contribution < 1.29 is 28.0 Å². The molecule has 3 aliphatic carbocycles. The monoisotopic (exact) mass is 631 g/mol. The van der Waals surface area contributed by atoms with Crippen LogP contribution in [0.5, 0.6) is 5.75 Å². The third-order valence-electron chi connectivity index (χ3n) is 9.93. The molecule has 0 radical (unpaired) electrons. The lowest BCUT2D eigenvalue weighted by molar-refractivity contribution is 0.0701. The number of urea groups is 1. The Kier molecular flexibility index (Phi) is 8.96. The maximum atomic E-state index is 14.1. The van der Waals surface area contributed by atoms with Gasteiger partial charge in [0, 0.05) is 57.9 Å². The molecule has 2 N–H and O–H groups in total. The van der Waals surface area contributed by atoms with E-state index in [9.17, 15) is 14.4 Å². The lowest BCUT2D eigenvalue weighted by atomic mass is 9.93. The van der Waals surface area contributed by atoms with E-state index in [4.69, 9.17) is 13.6 Å². The highest BCUT2D eigenvalue weighted by Gasteiger charge is 2.33. The third-order valence-corrected chi connectivity index (χ3v) is 9.93. The van der Waals surface area contributed by atoms with E-state index in [-0.39, 0.29) is 30.1 Å². The number of fused-ring (bicyclic) bond motifs is 1. The number of aromatic nitrogens is 1. The molecule has 3 aliphatic rings. The lowest BCUT2D eigenvalue weighted by Gasteiger charge is -2.34. The van der Waals surface area contributed by atoms with Gasteiger partial charge < -0.3 is 19.4 Å². The van der Waals surface area contributed by atoms with Gasteiger partial charge in [0.2, 0.25) is 0 Å². The minimum Gasteiger partial charge on any atom is -0.496 e. The van der Waals surface area contributed by atoms with Crippen molar-refractivity contribution in [3.05, 3.63) is 59.3 Å². The number of anilines is 1. The molecule has 3 aromatic rings. The normalized spacial score (nSPS) is 19.2. The van der Waals surface area contributed by atoms with Crippen LogP contribution in [0.25, 0.3) is 10.9 Å². The fraction of sp³-hybridized carbons (Fsp3) is 0.541. The molecule has 1 heterocycles. The van der Waals surface area contributed by atoms with Crippen LogP contribution in [0.3, 0.4) is 0 Å². The van der Waals surface area contributed by atoms with E-state index in [1.54, 1.807) is 36.5 Å². The number of imide groups is 1. The second-order valence-electron chi connectivity index (χ2n) is 13.1. The average Bonchev–Trinajstić information content (AvgIpc) is 3.73. The molecule has 3 saturated carbocycles. The van der Waals surface area contributed by atoms with Crippen molar-refractivity contribution in [3.8, 4) is 5.75 Å². The molecule has 0 spiro atoms. The molecule has 0 aliphatic heterocycles. The Morgan fingerprint density at radius 3 is 2.33 bits per heavy atom. The molecule has 0 unspecified atom stereocenters. The Morgan fingerprint density at radius 1 is 0.891 bits per heavy atom. The molecule has 4 amide bonds. The Labute approximate surface area is 276 Å². The smallest absolute Gasteiger partial charge is 0.411 e. The molecule has 2 aromatic carbocycles. The van der Waals surface area contributed by atoms with Crippen molar-refractivity contribution in [3.63, 3.8) is 0 Å². The number of carbonyl (C=O) groups is 3. The fourth-order valence-electron chi connectivity index (χ4n) is 7.44. The van der Waals surface area contributed by atoms with Crippen molar-refractivity contribution in [2.45, 2.75) is 114 Å². The third kappa shape index (κ3) is 7.34. The van der Waals surface area contributed by atoms with E-state index >= 15 is 0 Å². The van der Waals surface area contributed by atoms with Gasteiger partial charge in [0.1, 0.15) is 11.9 Å². The predicted molar refractivity (Wildman–Crippen MR) is 180 cm³/mol. The topological polar surface area (TPSA) is 102 Å². The van der Waals surface area contributed by atoms with Crippen LogP contribution >= 0.6 is 0 Å². The first-order valence-electron chi connectivity index (χ1n) is 18.5. The maximum absolute atomic E-state index is 14.1. The van der Waals surface area contributed by atoms with E-state index in [1.807, 2.05) is 6.07 Å². The van der Waals surface area contributed by atoms with E-state index < -0.39 is 13.1 Å². The van der Waals surface area contributed by atoms with Crippen LogP contribution in [0.1, 0.15) is 115 Å². The largest absolute Gasteiger partial charge is 0.496 e. The number of rotatable bonds is 8. The highest BCUT2D eigenvalue weighted by atomic mass is 16.6. The Morgan fingerprint density at radius 2 is 1.61 bits per heavy atom. The van der Waals surface area contributed by atoms with Gasteiger partial charge in [0.25, 0.3) is 5.91 Å². The zero-order valence-corrected chi connectivity index (χ0v) is 26.8. The van der Waals surface area contributed by atoms with Crippen molar-refractivity contribution in [1.82, 2.24) is 14.8 Å². The zero-order chi connectivity index (χ0) is 34.5. The first-order valence-corrected chi connectivity index (χ1v) is 17.0. The Bertz CT molecular complexity index is 1650. The van der Waals surface area contributed by atoms with Gasteiger partial charge in [-0.2, -0.15) is 0 Å². The van der Waals surface area contributed by atoms with Crippen molar-refractivity contribution in [2.75, 3.05) is 12.4 Å². The number of hydrogen-bond acceptors (Lipinski definition) is 5. The van der Waals surface area contributed by atoms with Gasteiger partial charge in [-0.05, 0) is 92.8 Å². The summed E-state index contributed by atoms with van der Waals surface area (Å²) in [5.74, 6) is 0.121. The molecule has 3 fully saturated rings. The molecule has 9 nitrogen and oxygen atoms in total. The van der Waals surface area contributed by atoms with Crippen LogP contribution in [-0.4, -0.2) is 52.8 Å². The molecular weight excluding hydrogens is 580 g/mol. The summed E-state index contributed by atoms with van der Waals surface area (Å²) in [6.07, 6.45) is 15.0. The molecule has 246 valence electrons. The summed E-state index contributed by atoms with van der Waals surface area (Å²) in [7, 11) is 1.53. The van der Waals surface area contributed by atoms with Gasteiger partial charge >= 0.3 is 12.1 Å². The number of amides is 4. The van der Waals surface area contributed by atoms with Crippen molar-refractivity contribution >= 4 is 34.6 Å². The number of nitrogens with one attached hydrogen (secondary N) is 2. The van der Waals surface area contributed by atoms with Crippen LogP contribution < -0.4 is 15.4 Å². The summed E-state index contributed by atoms with van der Waals surface area (Å²) >= 11 is 0. The van der Waals surface area contributed by atoms with E-state index in [1.165, 1.54) is 23.0 Å². The summed E-state index contributed by atoms with van der Waals surface area (Å²) in [5, 5.41) is 6.63. The molecular formula is C37H48N4O5. The van der Waals surface area contributed by atoms with Crippen molar-refractivity contribution in [2.24, 2.45) is 6.98 Å². The molecule has 0 atom stereocenters. The summed E-state index contributed by atoms with van der Waals surface area (Å²) in [5.41, 5.74) is 2.83. The highest BCUT2D eigenvalue weighted by molar-refractivity contribution is 6.05. The van der Waals surface area contributed by atoms with Gasteiger partial charge in [0.05, 0.1) is 7.11 Å². The molecule has 1 aromatic heterocycles. The first-order chi connectivity index (χ1) is 23.6.